The molecule has 2 fully saturated rings. The lowest BCUT2D eigenvalue weighted by atomic mass is 10.1. The Labute approximate surface area is 162 Å². The maximum atomic E-state index is 2.34. The summed E-state index contributed by atoms with van der Waals surface area (Å²) in [5, 5.41) is 0. The molecular weight excluding hydrogens is 350 g/mol. The van der Waals surface area contributed by atoms with Gasteiger partial charge in [-0.2, -0.15) is 0 Å². The first kappa shape index (κ1) is 18.7. The highest BCUT2D eigenvalue weighted by molar-refractivity contribution is 7.62. The average Bonchev–Trinajstić information content (AvgIpc) is 3.31. The van der Waals surface area contributed by atoms with Gasteiger partial charge in [0.1, 0.15) is 0 Å². The summed E-state index contributed by atoms with van der Waals surface area (Å²) < 4.78 is 0. The van der Waals surface area contributed by atoms with E-state index in [1.54, 1.807) is 35.8 Å². The van der Waals surface area contributed by atoms with Gasteiger partial charge in [-0.05, 0) is 85.6 Å². The van der Waals surface area contributed by atoms with Gasteiger partial charge in [-0.25, -0.2) is 0 Å². The Morgan fingerprint density at radius 1 is 0.615 bits per heavy atom. The molecule has 2 aromatic carbocycles. The monoisotopic (exact) mass is 382 g/mol. The lowest BCUT2D eigenvalue weighted by Gasteiger charge is -2.25. The fraction of sp³-hybridized carbons (Fsp3) is 0.500. The summed E-state index contributed by atoms with van der Waals surface area (Å²) in [5.74, 6) is 0. The van der Waals surface area contributed by atoms with E-state index in [0.717, 1.165) is 11.3 Å². The molecule has 2 aromatic rings. The quantitative estimate of drug-likeness (QED) is 0.464. The molecule has 4 rings (SSSR count). The van der Waals surface area contributed by atoms with E-state index in [0.29, 0.717) is 0 Å². The van der Waals surface area contributed by atoms with Crippen molar-refractivity contribution in [2.75, 3.05) is 24.6 Å². The Balaban J connectivity index is 1.29. The van der Waals surface area contributed by atoms with Crippen molar-refractivity contribution in [3.63, 3.8) is 0 Å². The molecule has 1 unspecified atom stereocenters. The first-order valence-electron chi connectivity index (χ1n) is 10.4. The largest absolute Gasteiger partial charge is 0.103 e. The lowest BCUT2D eigenvalue weighted by molar-refractivity contribution is 0.772. The molecular formula is C24H32P2. The van der Waals surface area contributed by atoms with Gasteiger partial charge >= 0.3 is 0 Å². The van der Waals surface area contributed by atoms with Gasteiger partial charge in [0, 0.05) is 0 Å². The van der Waals surface area contributed by atoms with Crippen LogP contribution in [-0.2, 0) is 12.8 Å². The second-order valence-corrected chi connectivity index (χ2v) is 13.6. The SMILES string of the molecule is c1ccc(C[C@H]2CCCP2CC[P@@]2CCC[C@@H]2Cc2ccccc2)cc1. The minimum absolute atomic E-state index is 0.289. The van der Waals surface area contributed by atoms with Crippen molar-refractivity contribution in [1.29, 1.82) is 0 Å². The van der Waals surface area contributed by atoms with Crippen molar-refractivity contribution >= 4 is 15.8 Å². The standard InChI is InChI=1S/C24H32P2/c1-3-9-21(10-4-1)19-23-13-7-15-25(23)17-18-26-16-8-14-24(26)20-22-11-5-2-6-12-22/h1-6,9-12,23-24H,7-8,13-20H2/t23-,24-,25-,26?/m1/s1. The summed E-state index contributed by atoms with van der Waals surface area (Å²) in [4.78, 5) is 0. The Hall–Kier alpha value is -0.700. The molecule has 2 heteroatoms. The highest BCUT2D eigenvalue weighted by atomic mass is 31.1. The molecule has 2 saturated heterocycles. The summed E-state index contributed by atoms with van der Waals surface area (Å²) in [6.07, 6.45) is 14.9. The van der Waals surface area contributed by atoms with Gasteiger partial charge in [0.25, 0.3) is 0 Å². The molecule has 0 radical (unpaired) electrons. The highest BCUT2D eigenvalue weighted by Gasteiger charge is 2.30. The van der Waals surface area contributed by atoms with Crippen molar-refractivity contribution < 1.29 is 0 Å². The fourth-order valence-corrected chi connectivity index (χ4v) is 12.0. The molecule has 0 amide bonds. The van der Waals surface area contributed by atoms with E-state index < -0.39 is 0 Å². The molecule has 138 valence electrons. The second-order valence-electron chi connectivity index (χ2n) is 8.04. The number of hydrogen-bond acceptors (Lipinski definition) is 0. The molecule has 0 bridgehead atoms. The molecule has 0 saturated carbocycles. The molecule has 2 heterocycles. The molecule has 0 N–H and O–H groups in total. The molecule has 2 aliphatic heterocycles. The van der Waals surface area contributed by atoms with Crippen LogP contribution in [0, 0.1) is 0 Å². The van der Waals surface area contributed by atoms with E-state index in [4.69, 9.17) is 0 Å². The van der Waals surface area contributed by atoms with Gasteiger partial charge < -0.3 is 0 Å². The van der Waals surface area contributed by atoms with Gasteiger partial charge in [-0.1, -0.05) is 60.7 Å². The van der Waals surface area contributed by atoms with E-state index in [1.807, 2.05) is 0 Å². The molecule has 4 atom stereocenters. The topological polar surface area (TPSA) is 0 Å². The van der Waals surface area contributed by atoms with Crippen LogP contribution < -0.4 is 0 Å². The zero-order chi connectivity index (χ0) is 17.6. The van der Waals surface area contributed by atoms with Crippen molar-refractivity contribution in [2.45, 2.75) is 49.8 Å². The minimum atomic E-state index is 0.289. The third-order valence-electron chi connectivity index (χ3n) is 6.30. The average molecular weight is 382 g/mol. The van der Waals surface area contributed by atoms with Crippen LogP contribution in [0.25, 0.3) is 0 Å². The smallest absolute Gasteiger partial charge is 0.0168 e. The predicted octanol–water partition coefficient (Wildman–Crippen LogP) is 6.76. The molecule has 26 heavy (non-hydrogen) atoms. The fourth-order valence-electron chi connectivity index (χ4n) is 4.87. The zero-order valence-corrected chi connectivity index (χ0v) is 17.7. The first-order valence-corrected chi connectivity index (χ1v) is 14.0. The van der Waals surface area contributed by atoms with Crippen molar-refractivity contribution in [3.05, 3.63) is 71.8 Å². The number of rotatable bonds is 7. The van der Waals surface area contributed by atoms with Crippen molar-refractivity contribution in [3.8, 4) is 0 Å². The van der Waals surface area contributed by atoms with Crippen LogP contribution in [0.2, 0.25) is 0 Å². The van der Waals surface area contributed by atoms with E-state index in [-0.39, 0.29) is 15.8 Å². The van der Waals surface area contributed by atoms with E-state index in [1.165, 1.54) is 38.5 Å². The van der Waals surface area contributed by atoms with Crippen LogP contribution in [0.5, 0.6) is 0 Å². The van der Waals surface area contributed by atoms with Crippen molar-refractivity contribution in [1.82, 2.24) is 0 Å². The van der Waals surface area contributed by atoms with Crippen LogP contribution in [0.4, 0.5) is 0 Å². The van der Waals surface area contributed by atoms with E-state index in [2.05, 4.69) is 60.7 Å². The van der Waals surface area contributed by atoms with Crippen LogP contribution in [0.3, 0.4) is 0 Å². The summed E-state index contributed by atoms with van der Waals surface area (Å²) in [5.41, 5.74) is 5.16. The summed E-state index contributed by atoms with van der Waals surface area (Å²) >= 11 is 0. The third kappa shape index (κ3) is 4.97. The van der Waals surface area contributed by atoms with Gasteiger partial charge in [-0.15, -0.1) is 15.8 Å². The maximum Gasteiger partial charge on any atom is -0.0168 e. The zero-order valence-electron chi connectivity index (χ0n) is 15.9. The van der Waals surface area contributed by atoms with Crippen LogP contribution in [0.1, 0.15) is 36.8 Å². The van der Waals surface area contributed by atoms with E-state index in [9.17, 15) is 0 Å². The summed E-state index contributed by atoms with van der Waals surface area (Å²) in [6.45, 7) is 0. The van der Waals surface area contributed by atoms with Gasteiger partial charge in [0.05, 0.1) is 0 Å². The molecule has 0 spiro atoms. The predicted molar refractivity (Wildman–Crippen MR) is 120 cm³/mol. The van der Waals surface area contributed by atoms with E-state index >= 15 is 0 Å². The normalized spacial score (nSPS) is 28.5. The Morgan fingerprint density at radius 3 is 1.46 bits per heavy atom. The third-order valence-corrected chi connectivity index (χ3v) is 13.0. The first-order chi connectivity index (χ1) is 12.9. The van der Waals surface area contributed by atoms with Crippen molar-refractivity contribution in [2.24, 2.45) is 0 Å². The van der Waals surface area contributed by atoms with Gasteiger partial charge in [0.15, 0.2) is 0 Å². The molecule has 2 aliphatic rings. The second kappa shape index (κ2) is 9.48. The Morgan fingerprint density at radius 2 is 1.04 bits per heavy atom. The Kier molecular flexibility index (Phi) is 6.80. The van der Waals surface area contributed by atoms with Crippen LogP contribution in [-0.4, -0.2) is 36.0 Å². The highest BCUT2D eigenvalue weighted by Crippen LogP contribution is 2.57. The van der Waals surface area contributed by atoms with Crippen LogP contribution >= 0.6 is 15.8 Å². The lowest BCUT2D eigenvalue weighted by Crippen LogP contribution is -2.11. The summed E-state index contributed by atoms with van der Waals surface area (Å²) in [6, 6.07) is 22.5. The maximum absolute atomic E-state index is 2.34. The number of hydrogen-bond donors (Lipinski definition) is 0. The van der Waals surface area contributed by atoms with Crippen LogP contribution in [0.15, 0.2) is 60.7 Å². The molecule has 0 nitrogen and oxygen atoms in total. The van der Waals surface area contributed by atoms with Gasteiger partial charge in [-0.3, -0.25) is 0 Å². The Bertz CT molecular complexity index is 595. The molecule has 0 aromatic heterocycles. The van der Waals surface area contributed by atoms with Gasteiger partial charge in [0.2, 0.25) is 0 Å². The summed E-state index contributed by atoms with van der Waals surface area (Å²) in [7, 11) is 0.579. The number of benzene rings is 2. The minimum Gasteiger partial charge on any atom is -0.103 e. The molecule has 0 aliphatic carbocycles.